The van der Waals surface area contributed by atoms with Gasteiger partial charge in [-0.25, -0.2) is 0 Å². The Morgan fingerprint density at radius 3 is 2.00 bits per heavy atom. The summed E-state index contributed by atoms with van der Waals surface area (Å²) in [6.07, 6.45) is 0. The second-order valence-corrected chi connectivity index (χ2v) is 5.20. The molecule has 0 saturated carbocycles. The number of anilines is 1. The van der Waals surface area contributed by atoms with Gasteiger partial charge in [0.25, 0.3) is 0 Å². The monoisotopic (exact) mass is 233 g/mol. The highest BCUT2D eigenvalue weighted by molar-refractivity contribution is 5.91. The lowest BCUT2D eigenvalue weighted by Crippen LogP contribution is -2.23. The van der Waals surface area contributed by atoms with Crippen LogP contribution in [0.15, 0.2) is 18.2 Å². The Kier molecular flexibility index (Phi) is 4.33. The van der Waals surface area contributed by atoms with Crippen LogP contribution in [0.2, 0.25) is 0 Å². The minimum atomic E-state index is 0.0667. The molecule has 0 aliphatic rings. The molecular formula is C15H23NO. The summed E-state index contributed by atoms with van der Waals surface area (Å²) in [5, 5.41) is 0. The molecule has 1 aromatic carbocycles. The van der Waals surface area contributed by atoms with Crippen LogP contribution in [0.5, 0.6) is 0 Å². The standard InChI is InChI=1S/C15H23NO/c1-10(2)14-8-7-13(16(6)12(5)17)9-15(14)11(3)4/h7-11H,1-6H3. The maximum atomic E-state index is 11.4. The summed E-state index contributed by atoms with van der Waals surface area (Å²) in [6.45, 7) is 10.4. The molecule has 1 aromatic rings. The number of benzene rings is 1. The number of nitrogens with zero attached hydrogens (tertiary/aromatic N) is 1. The summed E-state index contributed by atoms with van der Waals surface area (Å²) in [5.74, 6) is 1.06. The number of hydrogen-bond donors (Lipinski definition) is 0. The van der Waals surface area contributed by atoms with Gasteiger partial charge in [-0.1, -0.05) is 33.8 Å². The molecule has 0 heterocycles. The normalized spacial score (nSPS) is 11.1. The van der Waals surface area contributed by atoms with E-state index in [1.807, 2.05) is 13.1 Å². The van der Waals surface area contributed by atoms with Crippen LogP contribution in [-0.2, 0) is 4.79 Å². The third-order valence-electron chi connectivity index (χ3n) is 3.17. The van der Waals surface area contributed by atoms with E-state index in [4.69, 9.17) is 0 Å². The zero-order chi connectivity index (χ0) is 13.2. The van der Waals surface area contributed by atoms with Gasteiger partial charge in [-0.3, -0.25) is 4.79 Å². The Morgan fingerprint density at radius 1 is 1.06 bits per heavy atom. The number of carbonyl (C=O) groups is 1. The minimum absolute atomic E-state index is 0.0667. The quantitative estimate of drug-likeness (QED) is 0.775. The van der Waals surface area contributed by atoms with E-state index in [2.05, 4.69) is 39.8 Å². The number of amides is 1. The summed E-state index contributed by atoms with van der Waals surface area (Å²) < 4.78 is 0. The smallest absolute Gasteiger partial charge is 0.223 e. The lowest BCUT2D eigenvalue weighted by molar-refractivity contribution is -0.116. The molecule has 1 amide bonds. The largest absolute Gasteiger partial charge is 0.316 e. The summed E-state index contributed by atoms with van der Waals surface area (Å²) in [5.41, 5.74) is 3.69. The SMILES string of the molecule is CC(=O)N(C)c1ccc(C(C)C)c(C(C)C)c1. The first kappa shape index (κ1) is 13.8. The first-order valence-corrected chi connectivity index (χ1v) is 6.22. The molecule has 2 heteroatoms. The van der Waals surface area contributed by atoms with Crippen LogP contribution in [0.25, 0.3) is 0 Å². The topological polar surface area (TPSA) is 20.3 Å². The molecular weight excluding hydrogens is 210 g/mol. The van der Waals surface area contributed by atoms with Gasteiger partial charge in [-0.05, 0) is 35.1 Å². The van der Waals surface area contributed by atoms with E-state index in [0.717, 1.165) is 5.69 Å². The van der Waals surface area contributed by atoms with E-state index in [9.17, 15) is 4.79 Å². The molecule has 0 saturated heterocycles. The van der Waals surface area contributed by atoms with Gasteiger partial charge in [0.1, 0.15) is 0 Å². The van der Waals surface area contributed by atoms with Gasteiger partial charge in [0.15, 0.2) is 0 Å². The van der Waals surface area contributed by atoms with Crippen molar-refractivity contribution in [3.05, 3.63) is 29.3 Å². The van der Waals surface area contributed by atoms with Crippen molar-refractivity contribution in [1.29, 1.82) is 0 Å². The predicted octanol–water partition coefficient (Wildman–Crippen LogP) is 3.92. The van der Waals surface area contributed by atoms with Crippen molar-refractivity contribution in [2.24, 2.45) is 0 Å². The highest BCUT2D eigenvalue weighted by Crippen LogP contribution is 2.29. The molecule has 0 fully saturated rings. The molecule has 2 nitrogen and oxygen atoms in total. The van der Waals surface area contributed by atoms with Crippen molar-refractivity contribution in [2.45, 2.75) is 46.5 Å². The lowest BCUT2D eigenvalue weighted by atomic mass is 9.90. The number of hydrogen-bond acceptors (Lipinski definition) is 1. The average Bonchev–Trinajstić information content (AvgIpc) is 2.26. The Balaban J connectivity index is 3.23. The fraction of sp³-hybridized carbons (Fsp3) is 0.533. The fourth-order valence-corrected chi connectivity index (χ4v) is 1.98. The molecule has 0 aromatic heterocycles. The Labute approximate surface area is 105 Å². The summed E-state index contributed by atoms with van der Waals surface area (Å²) in [7, 11) is 1.82. The van der Waals surface area contributed by atoms with Gasteiger partial charge in [0, 0.05) is 19.7 Å². The predicted molar refractivity (Wildman–Crippen MR) is 73.7 cm³/mol. The maximum Gasteiger partial charge on any atom is 0.223 e. The average molecular weight is 233 g/mol. The molecule has 94 valence electrons. The van der Waals surface area contributed by atoms with Gasteiger partial charge in [0.05, 0.1) is 0 Å². The molecule has 0 bridgehead atoms. The van der Waals surface area contributed by atoms with Crippen molar-refractivity contribution < 1.29 is 4.79 Å². The molecule has 17 heavy (non-hydrogen) atoms. The fourth-order valence-electron chi connectivity index (χ4n) is 1.98. The van der Waals surface area contributed by atoms with Crippen LogP contribution in [-0.4, -0.2) is 13.0 Å². The van der Waals surface area contributed by atoms with Crippen LogP contribution in [0, 0.1) is 0 Å². The molecule has 0 spiro atoms. The van der Waals surface area contributed by atoms with Gasteiger partial charge >= 0.3 is 0 Å². The van der Waals surface area contributed by atoms with Gasteiger partial charge in [0.2, 0.25) is 5.91 Å². The van der Waals surface area contributed by atoms with E-state index >= 15 is 0 Å². The highest BCUT2D eigenvalue weighted by atomic mass is 16.2. The third kappa shape index (κ3) is 3.09. The molecule has 0 unspecified atom stereocenters. The van der Waals surface area contributed by atoms with Crippen LogP contribution < -0.4 is 4.90 Å². The maximum absolute atomic E-state index is 11.4. The van der Waals surface area contributed by atoms with Crippen LogP contribution >= 0.6 is 0 Å². The van der Waals surface area contributed by atoms with Crippen molar-refractivity contribution >= 4 is 11.6 Å². The molecule has 1 rings (SSSR count). The first-order chi connectivity index (χ1) is 7.84. The molecule has 0 radical (unpaired) electrons. The third-order valence-corrected chi connectivity index (χ3v) is 3.17. The number of rotatable bonds is 3. The van der Waals surface area contributed by atoms with Crippen molar-refractivity contribution in [3.8, 4) is 0 Å². The molecule has 0 aliphatic heterocycles. The lowest BCUT2D eigenvalue weighted by Gasteiger charge is -2.21. The van der Waals surface area contributed by atoms with E-state index < -0.39 is 0 Å². The summed E-state index contributed by atoms with van der Waals surface area (Å²) >= 11 is 0. The first-order valence-electron chi connectivity index (χ1n) is 6.22. The zero-order valence-electron chi connectivity index (χ0n) is 11.7. The van der Waals surface area contributed by atoms with E-state index in [0.29, 0.717) is 11.8 Å². The summed E-state index contributed by atoms with van der Waals surface area (Å²) in [4.78, 5) is 13.1. The van der Waals surface area contributed by atoms with Crippen molar-refractivity contribution in [3.63, 3.8) is 0 Å². The molecule has 0 atom stereocenters. The second-order valence-electron chi connectivity index (χ2n) is 5.20. The Hall–Kier alpha value is -1.31. The van der Waals surface area contributed by atoms with E-state index in [-0.39, 0.29) is 5.91 Å². The highest BCUT2D eigenvalue weighted by Gasteiger charge is 2.13. The minimum Gasteiger partial charge on any atom is -0.316 e. The molecule has 0 aliphatic carbocycles. The molecule has 0 N–H and O–H groups in total. The van der Waals surface area contributed by atoms with Crippen LogP contribution in [0.1, 0.15) is 57.6 Å². The zero-order valence-corrected chi connectivity index (χ0v) is 11.7. The van der Waals surface area contributed by atoms with Crippen molar-refractivity contribution in [2.75, 3.05) is 11.9 Å². The van der Waals surface area contributed by atoms with E-state index in [1.54, 1.807) is 11.8 Å². The van der Waals surface area contributed by atoms with Crippen molar-refractivity contribution in [1.82, 2.24) is 0 Å². The van der Waals surface area contributed by atoms with E-state index in [1.165, 1.54) is 11.1 Å². The summed E-state index contributed by atoms with van der Waals surface area (Å²) in [6, 6.07) is 6.32. The van der Waals surface area contributed by atoms with Gasteiger partial charge < -0.3 is 4.90 Å². The number of carbonyl (C=O) groups excluding carboxylic acids is 1. The Bertz CT molecular complexity index is 407. The van der Waals surface area contributed by atoms with Gasteiger partial charge in [-0.2, -0.15) is 0 Å². The Morgan fingerprint density at radius 2 is 1.59 bits per heavy atom. The van der Waals surface area contributed by atoms with Crippen LogP contribution in [0.4, 0.5) is 5.69 Å². The van der Waals surface area contributed by atoms with Crippen LogP contribution in [0.3, 0.4) is 0 Å². The second kappa shape index (κ2) is 5.35. The van der Waals surface area contributed by atoms with Gasteiger partial charge in [-0.15, -0.1) is 0 Å².